The van der Waals surface area contributed by atoms with Crippen molar-refractivity contribution in [3.05, 3.63) is 12.2 Å². The van der Waals surface area contributed by atoms with E-state index in [9.17, 15) is 18.0 Å². The molecule has 0 saturated heterocycles. The maximum Gasteiger partial charge on any atom is 0.330 e. The van der Waals surface area contributed by atoms with E-state index < -0.39 is 33.2 Å². The van der Waals surface area contributed by atoms with E-state index in [0.717, 1.165) is 27.9 Å². The smallest absolute Gasteiger partial charge is 0.330 e. The van der Waals surface area contributed by atoms with E-state index in [2.05, 4.69) is 0 Å². The summed E-state index contributed by atoms with van der Waals surface area (Å²) in [5, 5.41) is 8.05. The fraction of sp³-hybridized carbons (Fsp3) is 0.667. The minimum absolute atomic E-state index is 0.0605. The number of rotatable bonds is 7. The second kappa shape index (κ2) is 12.2. The van der Waals surface area contributed by atoms with E-state index in [4.69, 9.17) is 14.4 Å². The van der Waals surface area contributed by atoms with Crippen LogP contribution in [0.5, 0.6) is 0 Å². The Morgan fingerprint density at radius 1 is 1.38 bits per heavy atom. The minimum Gasteiger partial charge on any atom is -0.481 e. The average Bonchev–Trinajstić information content (AvgIpc) is 2.38. The fourth-order valence-corrected chi connectivity index (χ4v) is 2.63. The number of allylic oxidation sites excluding steroid dienone is 1. The van der Waals surface area contributed by atoms with Gasteiger partial charge in [-0.2, -0.15) is 0 Å². The average molecular weight is 332 g/mol. The maximum absolute atomic E-state index is 10.8. The molecule has 0 fully saturated rings. The molecule has 0 aromatic heterocycles. The van der Waals surface area contributed by atoms with E-state index in [1.807, 2.05) is 0 Å². The summed E-state index contributed by atoms with van der Waals surface area (Å²) in [5.74, 6) is -2.04. The zero-order valence-electron chi connectivity index (χ0n) is 12.8. The molecule has 0 aliphatic rings. The van der Waals surface area contributed by atoms with Gasteiger partial charge in [0.25, 0.3) is 0 Å². The van der Waals surface area contributed by atoms with Crippen LogP contribution in [-0.2, 0) is 24.4 Å². The van der Waals surface area contributed by atoms with Gasteiger partial charge in [0.15, 0.2) is 0 Å². The third-order valence-electron chi connectivity index (χ3n) is 2.65. The first-order valence-corrected chi connectivity index (χ1v) is 9.50. The summed E-state index contributed by atoms with van der Waals surface area (Å²) in [7, 11) is -3.72. The predicted molar refractivity (Wildman–Crippen MR) is 78.8 cm³/mol. The summed E-state index contributed by atoms with van der Waals surface area (Å²) < 4.78 is 33.8. The van der Waals surface area contributed by atoms with Gasteiger partial charge >= 0.3 is 78.8 Å². The van der Waals surface area contributed by atoms with Gasteiger partial charge in [-0.25, -0.2) is 4.79 Å². The van der Waals surface area contributed by atoms with Crippen molar-refractivity contribution in [1.29, 1.82) is 0 Å². The molecule has 0 aromatic rings. The van der Waals surface area contributed by atoms with Crippen molar-refractivity contribution < 1.29 is 32.4 Å². The van der Waals surface area contributed by atoms with Gasteiger partial charge in [-0.05, 0) is 13.3 Å². The van der Waals surface area contributed by atoms with Crippen LogP contribution in [0.3, 0.4) is 0 Å². The summed E-state index contributed by atoms with van der Waals surface area (Å²) in [4.78, 5) is 21.3. The standard InChI is InChI=1S/C9H14O4.C3H7O3S.Na/c1-3-5-8(10)13-6-7(4-2)9(11)12;1-3(2)7(4,5)6;/h3,5,7H,4,6H2,1-2H3,(H,11,12);3H,1H2,2H3,(H,4,5,6);. The monoisotopic (exact) mass is 332 g/mol. The molecule has 2 atom stereocenters. The van der Waals surface area contributed by atoms with E-state index >= 15 is 0 Å². The molecule has 2 unspecified atom stereocenters. The van der Waals surface area contributed by atoms with Gasteiger partial charge in [0.1, 0.15) is 6.61 Å². The topological polar surface area (TPSA) is 118 Å². The van der Waals surface area contributed by atoms with Crippen molar-refractivity contribution in [3.63, 3.8) is 0 Å². The Balaban J connectivity index is 0. The van der Waals surface area contributed by atoms with Gasteiger partial charge in [0.05, 0.1) is 5.92 Å². The molecule has 118 valence electrons. The largest absolute Gasteiger partial charge is 0.481 e. The molecular weight excluding hydrogens is 311 g/mol. The summed E-state index contributed by atoms with van der Waals surface area (Å²) >= 11 is 0.814. The number of hydrogen-bond acceptors (Lipinski definition) is 5. The van der Waals surface area contributed by atoms with Crippen molar-refractivity contribution in [3.8, 4) is 0 Å². The molecule has 0 spiro atoms. The van der Waals surface area contributed by atoms with Crippen LogP contribution in [-0.4, -0.2) is 69.8 Å². The summed E-state index contributed by atoms with van der Waals surface area (Å²) in [6.45, 7) is 4.87. The van der Waals surface area contributed by atoms with Crippen molar-refractivity contribution >= 4 is 50.0 Å². The molecule has 0 aliphatic carbocycles. The van der Waals surface area contributed by atoms with Crippen molar-refractivity contribution in [2.75, 3.05) is 6.61 Å². The van der Waals surface area contributed by atoms with Crippen LogP contribution in [0.15, 0.2) is 12.2 Å². The molecule has 21 heavy (non-hydrogen) atoms. The molecule has 0 rings (SSSR count). The van der Waals surface area contributed by atoms with Gasteiger partial charge in [-0.15, -0.1) is 0 Å². The molecule has 9 heteroatoms. The number of carbonyl (C=O) groups excluding carboxylic acids is 1. The summed E-state index contributed by atoms with van der Waals surface area (Å²) in [6, 6.07) is 0. The van der Waals surface area contributed by atoms with Gasteiger partial charge in [0, 0.05) is 6.08 Å². The first-order valence-electron chi connectivity index (χ1n) is 6.58. The summed E-state index contributed by atoms with van der Waals surface area (Å²) in [6.07, 6.45) is 3.26. The number of carboxylic acids is 1. The first kappa shape index (κ1) is 22.9. The van der Waals surface area contributed by atoms with Crippen LogP contribution >= 0.6 is 0 Å². The Morgan fingerprint density at radius 2 is 1.90 bits per heavy atom. The molecule has 0 amide bonds. The summed E-state index contributed by atoms with van der Waals surface area (Å²) in [5.41, 5.74) is 0. The molecule has 0 aromatic carbocycles. The first-order chi connectivity index (χ1) is 9.59. The molecular formula is C12H21NaO7S. The van der Waals surface area contributed by atoms with Crippen LogP contribution in [0.2, 0.25) is 3.67 Å². The third kappa shape index (κ3) is 13.0. The van der Waals surface area contributed by atoms with E-state index in [0.29, 0.717) is 10.1 Å². The second-order valence-corrected chi connectivity index (χ2v) is 6.96. The Hall–Kier alpha value is -0.410. The SMILES string of the molecule is CC([CH2][Na])S(=O)(=O)O.CC=CC(=O)OCC(CC)C(=O)O. The quantitative estimate of drug-likeness (QED) is 0.310. The zero-order chi connectivity index (χ0) is 17.1. The third-order valence-corrected chi connectivity index (χ3v) is 5.82. The minimum atomic E-state index is -3.72. The number of ether oxygens (including phenoxy) is 1. The maximum atomic E-state index is 10.8. The fourth-order valence-electron chi connectivity index (χ4n) is 0.941. The van der Waals surface area contributed by atoms with Gasteiger partial charge in [-0.1, -0.05) is 13.0 Å². The molecule has 0 bridgehead atoms. The van der Waals surface area contributed by atoms with Gasteiger partial charge in [0.2, 0.25) is 0 Å². The van der Waals surface area contributed by atoms with E-state index in [1.165, 1.54) is 13.0 Å². The van der Waals surface area contributed by atoms with Crippen LogP contribution in [0, 0.1) is 5.92 Å². The number of aliphatic carboxylic acids is 1. The number of hydrogen-bond donors (Lipinski definition) is 2. The van der Waals surface area contributed by atoms with E-state index in [1.54, 1.807) is 19.9 Å². The van der Waals surface area contributed by atoms with Crippen LogP contribution < -0.4 is 0 Å². The van der Waals surface area contributed by atoms with Gasteiger partial charge in [-0.3, -0.25) is 4.79 Å². The van der Waals surface area contributed by atoms with Crippen molar-refractivity contribution in [2.45, 2.75) is 36.1 Å². The predicted octanol–water partition coefficient (Wildman–Crippen LogP) is 1.07. The van der Waals surface area contributed by atoms with Crippen molar-refractivity contribution in [1.82, 2.24) is 0 Å². The Labute approximate surface area is 142 Å². The van der Waals surface area contributed by atoms with Gasteiger partial charge < -0.3 is 9.84 Å². The molecule has 2 N–H and O–H groups in total. The van der Waals surface area contributed by atoms with Crippen molar-refractivity contribution in [2.24, 2.45) is 5.92 Å². The number of esters is 1. The molecule has 7 nitrogen and oxygen atoms in total. The van der Waals surface area contributed by atoms with Crippen LogP contribution in [0.1, 0.15) is 27.2 Å². The molecule has 0 radical (unpaired) electrons. The second-order valence-electron chi connectivity index (χ2n) is 4.31. The Bertz CT molecular complexity index is 445. The Kier molecular flexibility index (Phi) is 13.2. The molecule has 0 heterocycles. The van der Waals surface area contributed by atoms with E-state index in [-0.39, 0.29) is 6.61 Å². The number of carboxylic acid groups (broad SMARTS) is 1. The molecule has 0 saturated carbocycles. The van der Waals surface area contributed by atoms with Crippen LogP contribution in [0.4, 0.5) is 0 Å². The normalized spacial score (nSPS) is 14.0. The zero-order valence-corrected chi connectivity index (χ0v) is 15.6. The Morgan fingerprint density at radius 3 is 2.14 bits per heavy atom. The molecule has 0 aliphatic heterocycles. The number of carbonyl (C=O) groups is 2. The van der Waals surface area contributed by atoms with Crippen LogP contribution in [0.25, 0.3) is 0 Å².